The number of rotatable bonds is 3. The van der Waals surface area contributed by atoms with Crippen LogP contribution in [0.2, 0.25) is 0 Å². The van der Waals surface area contributed by atoms with Crippen molar-refractivity contribution in [2.75, 3.05) is 19.7 Å². The molecule has 7 nitrogen and oxygen atoms in total. The van der Waals surface area contributed by atoms with Crippen LogP contribution in [0.4, 0.5) is 4.79 Å². The molecule has 7 heteroatoms. The van der Waals surface area contributed by atoms with Gasteiger partial charge in [-0.1, -0.05) is 6.07 Å². The summed E-state index contributed by atoms with van der Waals surface area (Å²) in [6.45, 7) is 3.56. The number of amides is 1. The van der Waals surface area contributed by atoms with Gasteiger partial charge in [-0.3, -0.25) is 4.98 Å². The van der Waals surface area contributed by atoms with Crippen molar-refractivity contribution in [1.29, 1.82) is 0 Å². The summed E-state index contributed by atoms with van der Waals surface area (Å²) in [5, 5.41) is 0. The summed E-state index contributed by atoms with van der Waals surface area (Å²) in [5.41, 5.74) is 2.56. The summed E-state index contributed by atoms with van der Waals surface area (Å²) in [4.78, 5) is 27.5. The monoisotopic (exact) mass is 351 g/mol. The van der Waals surface area contributed by atoms with Gasteiger partial charge in [0, 0.05) is 31.5 Å². The molecule has 0 bridgehead atoms. The quantitative estimate of drug-likeness (QED) is 0.724. The zero-order chi connectivity index (χ0) is 17.9. The Kier molecular flexibility index (Phi) is 4.51. The highest BCUT2D eigenvalue weighted by molar-refractivity contribution is 5.76. The SMILES string of the molecule is CCOC(=O)N1CCC(n2c(-c3ccccn3)nc3cccnc32)CC1. The molecule has 3 aromatic rings. The van der Waals surface area contributed by atoms with E-state index in [0.29, 0.717) is 19.7 Å². The minimum atomic E-state index is -0.232. The summed E-state index contributed by atoms with van der Waals surface area (Å²) in [5.74, 6) is 0.828. The van der Waals surface area contributed by atoms with E-state index in [1.54, 1.807) is 17.3 Å². The van der Waals surface area contributed by atoms with Crippen molar-refractivity contribution < 1.29 is 9.53 Å². The number of nitrogens with zero attached hydrogens (tertiary/aromatic N) is 5. The van der Waals surface area contributed by atoms with Crippen LogP contribution in [0.3, 0.4) is 0 Å². The number of carbonyl (C=O) groups excluding carboxylic acids is 1. The number of hydrogen-bond acceptors (Lipinski definition) is 5. The maximum Gasteiger partial charge on any atom is 0.409 e. The van der Waals surface area contributed by atoms with Gasteiger partial charge >= 0.3 is 6.09 Å². The summed E-state index contributed by atoms with van der Waals surface area (Å²) in [7, 11) is 0. The predicted molar refractivity (Wildman–Crippen MR) is 97.6 cm³/mol. The number of carbonyl (C=O) groups is 1. The first kappa shape index (κ1) is 16.5. The third kappa shape index (κ3) is 3.00. The van der Waals surface area contributed by atoms with E-state index in [1.165, 1.54) is 0 Å². The van der Waals surface area contributed by atoms with Gasteiger partial charge in [0.25, 0.3) is 0 Å². The molecule has 1 aliphatic rings. The molecule has 4 rings (SSSR count). The van der Waals surface area contributed by atoms with E-state index in [4.69, 9.17) is 9.72 Å². The van der Waals surface area contributed by atoms with Crippen LogP contribution in [0.15, 0.2) is 42.7 Å². The minimum Gasteiger partial charge on any atom is -0.450 e. The van der Waals surface area contributed by atoms with Gasteiger partial charge in [-0.2, -0.15) is 0 Å². The molecule has 0 radical (unpaired) electrons. The number of ether oxygens (including phenoxy) is 1. The highest BCUT2D eigenvalue weighted by Gasteiger charge is 2.28. The molecule has 0 saturated carbocycles. The molecule has 4 heterocycles. The minimum absolute atomic E-state index is 0.220. The molecule has 0 N–H and O–H groups in total. The summed E-state index contributed by atoms with van der Waals surface area (Å²) >= 11 is 0. The predicted octanol–water partition coefficient (Wildman–Crippen LogP) is 3.29. The van der Waals surface area contributed by atoms with Crippen molar-refractivity contribution in [1.82, 2.24) is 24.4 Å². The largest absolute Gasteiger partial charge is 0.450 e. The van der Waals surface area contributed by atoms with Crippen LogP contribution in [0, 0.1) is 0 Å². The molecule has 0 spiro atoms. The van der Waals surface area contributed by atoms with E-state index in [-0.39, 0.29) is 12.1 Å². The molecular formula is C19H21N5O2. The van der Waals surface area contributed by atoms with Crippen LogP contribution in [0.5, 0.6) is 0 Å². The van der Waals surface area contributed by atoms with Crippen molar-refractivity contribution in [3.05, 3.63) is 42.7 Å². The molecule has 1 amide bonds. The molecule has 134 valence electrons. The summed E-state index contributed by atoms with van der Waals surface area (Å²) in [6, 6.07) is 9.91. The Morgan fingerprint density at radius 3 is 2.69 bits per heavy atom. The third-order valence-electron chi connectivity index (χ3n) is 4.70. The van der Waals surface area contributed by atoms with Crippen LogP contribution in [-0.4, -0.2) is 50.2 Å². The van der Waals surface area contributed by atoms with Crippen molar-refractivity contribution in [3.63, 3.8) is 0 Å². The van der Waals surface area contributed by atoms with Crippen LogP contribution >= 0.6 is 0 Å². The lowest BCUT2D eigenvalue weighted by Crippen LogP contribution is -2.39. The average Bonchev–Trinajstić information content (AvgIpc) is 3.08. The molecule has 26 heavy (non-hydrogen) atoms. The Morgan fingerprint density at radius 1 is 1.15 bits per heavy atom. The summed E-state index contributed by atoms with van der Waals surface area (Å²) in [6.07, 6.45) is 5.00. The van der Waals surface area contributed by atoms with E-state index in [9.17, 15) is 4.79 Å². The molecule has 0 unspecified atom stereocenters. The first-order valence-electron chi connectivity index (χ1n) is 8.94. The van der Waals surface area contributed by atoms with E-state index in [2.05, 4.69) is 14.5 Å². The molecule has 1 fully saturated rings. The fourth-order valence-electron chi connectivity index (χ4n) is 3.47. The second-order valence-electron chi connectivity index (χ2n) is 6.28. The number of aromatic nitrogens is 4. The fraction of sp³-hybridized carbons (Fsp3) is 0.368. The van der Waals surface area contributed by atoms with Crippen molar-refractivity contribution in [2.24, 2.45) is 0 Å². The molecule has 1 aliphatic heterocycles. The van der Waals surface area contributed by atoms with E-state index in [1.807, 2.05) is 37.3 Å². The van der Waals surface area contributed by atoms with Crippen molar-refractivity contribution in [2.45, 2.75) is 25.8 Å². The smallest absolute Gasteiger partial charge is 0.409 e. The van der Waals surface area contributed by atoms with Gasteiger partial charge in [0.05, 0.1) is 6.61 Å². The number of likely N-dealkylation sites (tertiary alicyclic amines) is 1. The second-order valence-corrected chi connectivity index (χ2v) is 6.28. The number of piperidine rings is 1. The van der Waals surface area contributed by atoms with Crippen LogP contribution in [0.1, 0.15) is 25.8 Å². The Morgan fingerprint density at radius 2 is 1.96 bits per heavy atom. The normalized spacial score (nSPS) is 15.3. The Labute approximate surface area is 151 Å². The number of hydrogen-bond donors (Lipinski definition) is 0. The highest BCUT2D eigenvalue weighted by atomic mass is 16.6. The summed E-state index contributed by atoms with van der Waals surface area (Å²) < 4.78 is 7.30. The standard InChI is InChI=1S/C19H21N5O2/c1-2-26-19(25)23-12-8-14(9-13-23)24-17-16(7-5-11-21-17)22-18(24)15-6-3-4-10-20-15/h3-7,10-11,14H,2,8-9,12-13H2,1H3. The lowest BCUT2D eigenvalue weighted by atomic mass is 10.0. The van der Waals surface area contributed by atoms with Crippen molar-refractivity contribution in [3.8, 4) is 11.5 Å². The maximum atomic E-state index is 12.0. The van der Waals surface area contributed by atoms with Gasteiger partial charge in [-0.05, 0) is 44.0 Å². The first-order chi connectivity index (χ1) is 12.8. The van der Waals surface area contributed by atoms with Gasteiger partial charge in [-0.15, -0.1) is 0 Å². The third-order valence-corrected chi connectivity index (χ3v) is 4.70. The van der Waals surface area contributed by atoms with Gasteiger partial charge < -0.3 is 14.2 Å². The Bertz CT molecular complexity index is 901. The molecule has 3 aromatic heterocycles. The van der Waals surface area contributed by atoms with Crippen LogP contribution < -0.4 is 0 Å². The Hall–Kier alpha value is -2.96. The topological polar surface area (TPSA) is 73.1 Å². The Balaban J connectivity index is 1.67. The maximum absolute atomic E-state index is 12.0. The van der Waals surface area contributed by atoms with Gasteiger partial charge in [0.2, 0.25) is 0 Å². The van der Waals surface area contributed by atoms with Crippen LogP contribution in [-0.2, 0) is 4.74 Å². The highest BCUT2D eigenvalue weighted by Crippen LogP contribution is 2.31. The van der Waals surface area contributed by atoms with E-state index < -0.39 is 0 Å². The lowest BCUT2D eigenvalue weighted by molar-refractivity contribution is 0.0931. The molecule has 0 aromatic carbocycles. The van der Waals surface area contributed by atoms with Crippen LogP contribution in [0.25, 0.3) is 22.7 Å². The van der Waals surface area contributed by atoms with E-state index >= 15 is 0 Å². The second kappa shape index (κ2) is 7.11. The van der Waals surface area contributed by atoms with Gasteiger partial charge in [0.1, 0.15) is 11.2 Å². The van der Waals surface area contributed by atoms with Gasteiger partial charge in [-0.25, -0.2) is 14.8 Å². The average molecular weight is 351 g/mol. The first-order valence-corrected chi connectivity index (χ1v) is 8.94. The number of pyridine rings is 2. The lowest BCUT2D eigenvalue weighted by Gasteiger charge is -2.32. The molecule has 0 atom stereocenters. The van der Waals surface area contributed by atoms with Gasteiger partial charge in [0.15, 0.2) is 11.5 Å². The molecular weight excluding hydrogens is 330 g/mol. The number of imidazole rings is 1. The number of fused-ring (bicyclic) bond motifs is 1. The van der Waals surface area contributed by atoms with Crippen molar-refractivity contribution >= 4 is 17.3 Å². The fourth-order valence-corrected chi connectivity index (χ4v) is 3.47. The zero-order valence-electron chi connectivity index (χ0n) is 14.7. The molecule has 1 saturated heterocycles. The molecule has 0 aliphatic carbocycles. The zero-order valence-corrected chi connectivity index (χ0v) is 14.7. The van der Waals surface area contributed by atoms with E-state index in [0.717, 1.165) is 35.5 Å².